The molecule has 0 aliphatic heterocycles. The van der Waals surface area contributed by atoms with E-state index in [0.29, 0.717) is 18.8 Å². The van der Waals surface area contributed by atoms with E-state index in [9.17, 15) is 22.8 Å². The summed E-state index contributed by atoms with van der Waals surface area (Å²) in [6, 6.07) is 9.35. The molecule has 0 aliphatic rings. The maximum absolute atomic E-state index is 13.7. The number of benzene rings is 2. The molecule has 170 valence electrons. The Bertz CT molecular complexity index is 1180. The van der Waals surface area contributed by atoms with E-state index in [4.69, 9.17) is 18.6 Å². The van der Waals surface area contributed by atoms with Crippen molar-refractivity contribution in [2.24, 2.45) is 0 Å². The van der Waals surface area contributed by atoms with Gasteiger partial charge in [-0.05, 0) is 38.1 Å². The minimum absolute atomic E-state index is 0.0359. The van der Waals surface area contributed by atoms with Crippen LogP contribution in [-0.2, 0) is 6.18 Å². The molecular weight excluding hydrogens is 431 g/mol. The molecule has 0 bridgehead atoms. The van der Waals surface area contributed by atoms with Crippen molar-refractivity contribution in [3.05, 3.63) is 58.4 Å². The second-order valence-electron chi connectivity index (χ2n) is 6.57. The summed E-state index contributed by atoms with van der Waals surface area (Å²) in [6.07, 6.45) is -5.69. The highest BCUT2D eigenvalue weighted by molar-refractivity contribution is 5.81. The molecule has 0 saturated heterocycles. The Balaban J connectivity index is 2.08. The van der Waals surface area contributed by atoms with Crippen LogP contribution in [0.5, 0.6) is 23.0 Å². The Kier molecular flexibility index (Phi) is 6.61. The van der Waals surface area contributed by atoms with Gasteiger partial charge in [0.2, 0.25) is 11.2 Å². The fourth-order valence-corrected chi connectivity index (χ4v) is 2.93. The zero-order valence-corrected chi connectivity index (χ0v) is 17.5. The minimum atomic E-state index is -5.02. The van der Waals surface area contributed by atoms with Crippen LogP contribution in [0.25, 0.3) is 11.0 Å². The molecule has 1 heterocycles. The zero-order chi connectivity index (χ0) is 23.5. The van der Waals surface area contributed by atoms with Crippen molar-refractivity contribution >= 4 is 17.1 Å². The van der Waals surface area contributed by atoms with Crippen LogP contribution < -0.4 is 19.6 Å². The van der Waals surface area contributed by atoms with Crippen LogP contribution in [0.2, 0.25) is 0 Å². The van der Waals surface area contributed by atoms with Gasteiger partial charge in [-0.3, -0.25) is 4.79 Å². The summed E-state index contributed by atoms with van der Waals surface area (Å²) in [5.41, 5.74) is -1.42. The number of ether oxygens (including phenoxy) is 3. The van der Waals surface area contributed by atoms with Crippen LogP contribution in [0.15, 0.2) is 51.7 Å². The standard InChI is InChI=1S/C22H20F3NO6/c1-4-26(5-2)21(28)31-15-9-10-16-17(12-15)32-20(22(23,24)25)19(18(16)27)30-14-8-6-7-13(11-14)29-3/h6-12H,4-5H2,1-3H3. The number of halogens is 3. The fraction of sp³-hybridized carbons (Fsp3) is 0.273. The summed E-state index contributed by atoms with van der Waals surface area (Å²) >= 11 is 0. The van der Waals surface area contributed by atoms with E-state index >= 15 is 0 Å². The minimum Gasteiger partial charge on any atom is -0.497 e. The molecule has 1 aromatic heterocycles. The van der Waals surface area contributed by atoms with Gasteiger partial charge in [0, 0.05) is 25.2 Å². The zero-order valence-electron chi connectivity index (χ0n) is 17.5. The van der Waals surface area contributed by atoms with Gasteiger partial charge in [0.25, 0.3) is 5.76 Å². The number of nitrogens with zero attached hydrogens (tertiary/aromatic N) is 1. The van der Waals surface area contributed by atoms with E-state index in [2.05, 4.69) is 0 Å². The van der Waals surface area contributed by atoms with Crippen LogP contribution in [0.1, 0.15) is 19.6 Å². The van der Waals surface area contributed by atoms with Gasteiger partial charge in [0.15, 0.2) is 0 Å². The molecule has 0 radical (unpaired) electrons. The van der Waals surface area contributed by atoms with Crippen molar-refractivity contribution in [1.29, 1.82) is 0 Å². The number of hydrogen-bond donors (Lipinski definition) is 0. The third-order valence-corrected chi connectivity index (χ3v) is 4.57. The molecule has 1 amide bonds. The summed E-state index contributed by atoms with van der Waals surface area (Å²) in [5.74, 6) is -2.38. The smallest absolute Gasteiger partial charge is 0.453 e. The molecule has 2 aromatic carbocycles. The predicted octanol–water partition coefficient (Wildman–Crippen LogP) is 5.45. The first-order valence-electron chi connectivity index (χ1n) is 9.64. The van der Waals surface area contributed by atoms with E-state index in [-0.39, 0.29) is 16.9 Å². The number of amides is 1. The summed E-state index contributed by atoms with van der Waals surface area (Å²) in [5, 5.41) is -0.168. The number of alkyl halides is 3. The van der Waals surface area contributed by atoms with Crippen LogP contribution in [0.3, 0.4) is 0 Å². The first kappa shape index (κ1) is 23.0. The van der Waals surface area contributed by atoms with Crippen LogP contribution in [0, 0.1) is 0 Å². The fourth-order valence-electron chi connectivity index (χ4n) is 2.93. The average Bonchev–Trinajstić information content (AvgIpc) is 2.75. The quantitative estimate of drug-likeness (QED) is 0.496. The monoisotopic (exact) mass is 451 g/mol. The predicted molar refractivity (Wildman–Crippen MR) is 109 cm³/mol. The van der Waals surface area contributed by atoms with E-state index in [1.165, 1.54) is 42.3 Å². The van der Waals surface area contributed by atoms with Gasteiger partial charge in [-0.15, -0.1) is 0 Å². The second-order valence-corrected chi connectivity index (χ2v) is 6.57. The topological polar surface area (TPSA) is 78.2 Å². The lowest BCUT2D eigenvalue weighted by molar-refractivity contribution is -0.154. The lowest BCUT2D eigenvalue weighted by Crippen LogP contribution is -2.33. The molecule has 3 rings (SSSR count). The van der Waals surface area contributed by atoms with Crippen LogP contribution in [-0.4, -0.2) is 31.2 Å². The molecule has 0 unspecified atom stereocenters. The van der Waals surface area contributed by atoms with Crippen LogP contribution in [0.4, 0.5) is 18.0 Å². The maximum atomic E-state index is 13.7. The Labute approximate surface area is 180 Å². The van der Waals surface area contributed by atoms with Crippen molar-refractivity contribution in [3.8, 4) is 23.0 Å². The molecule has 32 heavy (non-hydrogen) atoms. The molecule has 0 N–H and O–H groups in total. The van der Waals surface area contributed by atoms with E-state index in [1.807, 2.05) is 0 Å². The SMILES string of the molecule is CCN(CC)C(=O)Oc1ccc2c(=O)c(Oc3cccc(OC)c3)c(C(F)(F)F)oc2c1. The number of carbonyl (C=O) groups is 1. The lowest BCUT2D eigenvalue weighted by Gasteiger charge is -2.18. The van der Waals surface area contributed by atoms with Gasteiger partial charge < -0.3 is 23.5 Å². The summed E-state index contributed by atoms with van der Waals surface area (Å²) in [4.78, 5) is 26.4. The summed E-state index contributed by atoms with van der Waals surface area (Å²) in [6.45, 7) is 4.29. The van der Waals surface area contributed by atoms with Gasteiger partial charge in [0.1, 0.15) is 22.8 Å². The van der Waals surface area contributed by atoms with Crippen LogP contribution >= 0.6 is 0 Å². The Morgan fingerprint density at radius 2 is 1.72 bits per heavy atom. The largest absolute Gasteiger partial charge is 0.497 e. The molecule has 0 fully saturated rings. The average molecular weight is 451 g/mol. The highest BCUT2D eigenvalue weighted by Crippen LogP contribution is 2.39. The first-order chi connectivity index (χ1) is 15.2. The lowest BCUT2D eigenvalue weighted by atomic mass is 10.2. The maximum Gasteiger partial charge on any atom is 0.453 e. The van der Waals surface area contributed by atoms with Gasteiger partial charge in [-0.2, -0.15) is 13.2 Å². The Morgan fingerprint density at radius 3 is 2.34 bits per heavy atom. The van der Waals surface area contributed by atoms with E-state index in [0.717, 1.165) is 6.07 Å². The number of hydrogen-bond acceptors (Lipinski definition) is 6. The third-order valence-electron chi connectivity index (χ3n) is 4.57. The van der Waals surface area contributed by atoms with Crippen molar-refractivity contribution in [2.45, 2.75) is 20.0 Å². The number of methoxy groups -OCH3 is 1. The van der Waals surface area contributed by atoms with Gasteiger partial charge in [0.05, 0.1) is 12.5 Å². The van der Waals surface area contributed by atoms with Gasteiger partial charge in [-0.1, -0.05) is 6.07 Å². The Morgan fingerprint density at radius 1 is 1.03 bits per heavy atom. The summed E-state index contributed by atoms with van der Waals surface area (Å²) < 4.78 is 61.5. The molecule has 10 heteroatoms. The molecular formula is C22H20F3NO6. The van der Waals surface area contributed by atoms with Crippen molar-refractivity contribution in [3.63, 3.8) is 0 Å². The molecule has 0 atom stereocenters. The third kappa shape index (κ3) is 4.79. The Hall–Kier alpha value is -3.69. The van der Waals surface area contributed by atoms with E-state index in [1.54, 1.807) is 19.9 Å². The first-order valence-corrected chi connectivity index (χ1v) is 9.64. The van der Waals surface area contributed by atoms with Crippen molar-refractivity contribution < 1.29 is 36.6 Å². The molecule has 7 nitrogen and oxygen atoms in total. The number of carbonyl (C=O) groups excluding carboxylic acids is 1. The molecule has 0 saturated carbocycles. The van der Waals surface area contributed by atoms with Gasteiger partial charge in [-0.25, -0.2) is 4.79 Å². The highest BCUT2D eigenvalue weighted by atomic mass is 19.4. The number of fused-ring (bicyclic) bond motifs is 1. The summed E-state index contributed by atoms with van der Waals surface area (Å²) in [7, 11) is 1.38. The molecule has 3 aromatic rings. The van der Waals surface area contributed by atoms with Gasteiger partial charge >= 0.3 is 12.3 Å². The highest BCUT2D eigenvalue weighted by Gasteiger charge is 2.40. The van der Waals surface area contributed by atoms with Crippen molar-refractivity contribution in [2.75, 3.05) is 20.2 Å². The molecule has 0 aliphatic carbocycles. The normalized spacial score (nSPS) is 11.3. The molecule has 0 spiro atoms. The second kappa shape index (κ2) is 9.21. The van der Waals surface area contributed by atoms with E-state index < -0.39 is 34.8 Å². The number of rotatable bonds is 6. The van der Waals surface area contributed by atoms with Crippen molar-refractivity contribution in [1.82, 2.24) is 4.90 Å².